The molecule has 0 amide bonds. The molecule has 0 aromatic heterocycles. The van der Waals surface area contributed by atoms with Crippen molar-refractivity contribution < 1.29 is 0 Å². The van der Waals surface area contributed by atoms with Crippen LogP contribution < -0.4 is 0 Å². The van der Waals surface area contributed by atoms with Gasteiger partial charge in [0.05, 0.1) is 0 Å². The molecule has 0 saturated carbocycles. The molecule has 0 spiro atoms. The van der Waals surface area contributed by atoms with Gasteiger partial charge in [-0.2, -0.15) is 11.8 Å². The monoisotopic (exact) mass is 268 g/mol. The van der Waals surface area contributed by atoms with E-state index < -0.39 is 0 Å². The van der Waals surface area contributed by atoms with Crippen molar-refractivity contribution in [1.29, 1.82) is 0 Å². The van der Waals surface area contributed by atoms with E-state index in [0.29, 0.717) is 0 Å². The minimum atomic E-state index is 0. The molecule has 0 fully saturated rings. The fraction of sp³-hybridized carbons (Fsp3) is 1.00. The summed E-state index contributed by atoms with van der Waals surface area (Å²) in [4.78, 5) is 0. The van der Waals surface area contributed by atoms with Crippen molar-refractivity contribution in [2.75, 3.05) is 11.5 Å². The van der Waals surface area contributed by atoms with Gasteiger partial charge in [0.15, 0.2) is 0 Å². The molecule has 0 aliphatic rings. The SMILES string of the molecule is CCCCSCCCC.[SnH2]. The number of rotatable bonds is 6. The molecule has 0 heterocycles. The Balaban J connectivity index is 0. The Morgan fingerprint density at radius 2 is 1.30 bits per heavy atom. The molecule has 0 aliphatic carbocycles. The summed E-state index contributed by atoms with van der Waals surface area (Å²) in [6, 6.07) is 0. The average molecular weight is 267 g/mol. The van der Waals surface area contributed by atoms with Gasteiger partial charge in [0.1, 0.15) is 0 Å². The minimum absolute atomic E-state index is 0. The summed E-state index contributed by atoms with van der Waals surface area (Å²) in [5.41, 5.74) is 0. The Hall–Kier alpha value is 1.15. The summed E-state index contributed by atoms with van der Waals surface area (Å²) in [6.45, 7) is 4.50. The summed E-state index contributed by atoms with van der Waals surface area (Å²) in [7, 11) is 0. The second-order valence-electron chi connectivity index (χ2n) is 2.32. The molecule has 0 rings (SSSR count). The van der Waals surface area contributed by atoms with Crippen LogP contribution in [0.15, 0.2) is 0 Å². The third kappa shape index (κ3) is 11.9. The molecule has 0 N–H and O–H groups in total. The molecule has 0 aliphatic heterocycles. The van der Waals surface area contributed by atoms with Gasteiger partial charge in [-0.1, -0.05) is 26.7 Å². The number of thioether (sulfide) groups is 1. The van der Waals surface area contributed by atoms with Crippen molar-refractivity contribution in [1.82, 2.24) is 0 Å². The zero-order chi connectivity index (χ0) is 6.95. The molecule has 0 unspecified atom stereocenters. The predicted octanol–water partition coefficient (Wildman–Crippen LogP) is 2.40. The van der Waals surface area contributed by atoms with E-state index >= 15 is 0 Å². The molecule has 62 valence electrons. The van der Waals surface area contributed by atoms with Crippen LogP contribution in [0.1, 0.15) is 39.5 Å². The molecular formula is C8H20SSn. The van der Waals surface area contributed by atoms with E-state index in [0.717, 1.165) is 0 Å². The van der Waals surface area contributed by atoms with Crippen LogP contribution in [0.2, 0.25) is 0 Å². The summed E-state index contributed by atoms with van der Waals surface area (Å²) in [6.07, 6.45) is 5.49. The second kappa shape index (κ2) is 12.8. The van der Waals surface area contributed by atoms with Gasteiger partial charge in [-0.25, -0.2) is 0 Å². The number of unbranched alkanes of at least 4 members (excludes halogenated alkanes) is 2. The summed E-state index contributed by atoms with van der Waals surface area (Å²) in [5, 5.41) is 0. The number of hydrogen-bond acceptors (Lipinski definition) is 1. The van der Waals surface area contributed by atoms with Gasteiger partial charge in [0.2, 0.25) is 0 Å². The maximum absolute atomic E-state index is 2.25. The van der Waals surface area contributed by atoms with Crippen molar-refractivity contribution in [2.24, 2.45) is 0 Å². The molecule has 0 bridgehead atoms. The predicted molar refractivity (Wildman–Crippen MR) is 55.7 cm³/mol. The van der Waals surface area contributed by atoms with Gasteiger partial charge >= 0.3 is 23.9 Å². The van der Waals surface area contributed by atoms with E-state index in [4.69, 9.17) is 0 Å². The van der Waals surface area contributed by atoms with Crippen LogP contribution in [0.4, 0.5) is 0 Å². The quantitative estimate of drug-likeness (QED) is 0.526. The Morgan fingerprint density at radius 3 is 1.60 bits per heavy atom. The second-order valence-corrected chi connectivity index (χ2v) is 3.54. The number of hydrogen-bond donors (Lipinski definition) is 0. The third-order valence-corrected chi connectivity index (χ3v) is 2.44. The van der Waals surface area contributed by atoms with Crippen LogP contribution in [-0.2, 0) is 0 Å². The van der Waals surface area contributed by atoms with Gasteiger partial charge in [-0.15, -0.1) is 0 Å². The van der Waals surface area contributed by atoms with Crippen molar-refractivity contribution in [3.05, 3.63) is 0 Å². The molecule has 10 heavy (non-hydrogen) atoms. The molecule has 0 aromatic carbocycles. The molecule has 0 nitrogen and oxygen atoms in total. The third-order valence-electron chi connectivity index (χ3n) is 1.28. The average Bonchev–Trinajstić information content (AvgIpc) is 1.89. The maximum atomic E-state index is 2.25. The van der Waals surface area contributed by atoms with Crippen LogP contribution in [0.25, 0.3) is 0 Å². The van der Waals surface area contributed by atoms with Crippen LogP contribution in [0, 0.1) is 0 Å². The van der Waals surface area contributed by atoms with E-state index in [1.807, 2.05) is 0 Å². The molecule has 0 saturated heterocycles. The van der Waals surface area contributed by atoms with Gasteiger partial charge in [-0.05, 0) is 24.3 Å². The molecule has 2 heteroatoms. The van der Waals surface area contributed by atoms with E-state index in [1.54, 1.807) is 0 Å². The Bertz CT molecular complexity index is 42.5. The van der Waals surface area contributed by atoms with E-state index in [9.17, 15) is 0 Å². The summed E-state index contributed by atoms with van der Waals surface area (Å²) >= 11 is 2.10. The Morgan fingerprint density at radius 1 is 0.900 bits per heavy atom. The van der Waals surface area contributed by atoms with Gasteiger partial charge in [-0.3, -0.25) is 0 Å². The van der Waals surface area contributed by atoms with Gasteiger partial charge in [0, 0.05) is 0 Å². The standard InChI is InChI=1S/C8H18S.Sn.2H/c1-3-5-7-9-8-6-4-2;;;/h3-8H2,1-2H3;;;. The normalized spacial score (nSPS) is 9.00. The first-order chi connectivity index (χ1) is 4.41. The fourth-order valence-electron chi connectivity index (χ4n) is 0.595. The van der Waals surface area contributed by atoms with Gasteiger partial charge < -0.3 is 0 Å². The van der Waals surface area contributed by atoms with Crippen LogP contribution >= 0.6 is 11.8 Å². The first-order valence-corrected chi connectivity index (χ1v) is 5.15. The first-order valence-electron chi connectivity index (χ1n) is 3.99. The van der Waals surface area contributed by atoms with Crippen molar-refractivity contribution in [3.63, 3.8) is 0 Å². The molecule has 2 radical (unpaired) electrons. The van der Waals surface area contributed by atoms with Gasteiger partial charge in [0.25, 0.3) is 0 Å². The van der Waals surface area contributed by atoms with E-state index in [1.165, 1.54) is 37.2 Å². The van der Waals surface area contributed by atoms with Crippen molar-refractivity contribution in [3.8, 4) is 0 Å². The summed E-state index contributed by atoms with van der Waals surface area (Å²) in [5.74, 6) is 2.74. The van der Waals surface area contributed by atoms with E-state index in [2.05, 4.69) is 25.6 Å². The molecule has 0 atom stereocenters. The van der Waals surface area contributed by atoms with Crippen molar-refractivity contribution >= 4 is 35.7 Å². The zero-order valence-corrected chi connectivity index (χ0v) is 12.2. The summed E-state index contributed by atoms with van der Waals surface area (Å²) < 4.78 is 0. The van der Waals surface area contributed by atoms with Crippen LogP contribution in [0.5, 0.6) is 0 Å². The molecular weight excluding hydrogens is 247 g/mol. The van der Waals surface area contributed by atoms with E-state index in [-0.39, 0.29) is 23.9 Å². The topological polar surface area (TPSA) is 0 Å². The fourth-order valence-corrected chi connectivity index (χ4v) is 1.78. The van der Waals surface area contributed by atoms with Crippen LogP contribution in [-0.4, -0.2) is 35.4 Å². The first kappa shape index (κ1) is 13.7. The molecule has 0 aromatic rings. The zero-order valence-electron chi connectivity index (χ0n) is 7.36. The van der Waals surface area contributed by atoms with Crippen LogP contribution in [0.3, 0.4) is 0 Å². The van der Waals surface area contributed by atoms with Crippen molar-refractivity contribution in [2.45, 2.75) is 39.5 Å². The Labute approximate surface area is 86.5 Å². The Kier molecular flexibility index (Phi) is 17.6.